The van der Waals surface area contributed by atoms with E-state index < -0.39 is 5.91 Å². The Kier molecular flexibility index (Phi) is 8.85. The van der Waals surface area contributed by atoms with Crippen molar-refractivity contribution in [3.8, 4) is 0 Å². The molecule has 2 amide bonds. The number of benzene rings is 2. The molecule has 0 aliphatic rings. The Morgan fingerprint density at radius 1 is 0.944 bits per heavy atom. The average molecular weight is 502 g/mol. The van der Waals surface area contributed by atoms with Crippen molar-refractivity contribution in [3.05, 3.63) is 78.2 Å². The van der Waals surface area contributed by atoms with Gasteiger partial charge in [0.05, 0.1) is 22.6 Å². The number of amides is 2. The first kappa shape index (κ1) is 25.2. The number of rotatable bonds is 11. The van der Waals surface area contributed by atoms with Crippen molar-refractivity contribution in [1.82, 2.24) is 20.7 Å². The van der Waals surface area contributed by atoms with Crippen LogP contribution in [0.15, 0.2) is 76.7 Å². The van der Waals surface area contributed by atoms with Crippen molar-refractivity contribution in [2.45, 2.75) is 41.9 Å². The van der Waals surface area contributed by atoms with E-state index in [1.807, 2.05) is 72.8 Å². The summed E-state index contributed by atoms with van der Waals surface area (Å²) < 4.78 is 0. The van der Waals surface area contributed by atoms with Gasteiger partial charge in [0.2, 0.25) is 11.8 Å². The van der Waals surface area contributed by atoms with Crippen molar-refractivity contribution >= 4 is 52.3 Å². The predicted molar refractivity (Wildman–Crippen MR) is 141 cm³/mol. The van der Waals surface area contributed by atoms with Crippen LogP contribution < -0.4 is 10.8 Å². The molecule has 0 fully saturated rings. The van der Waals surface area contributed by atoms with E-state index in [0.29, 0.717) is 19.3 Å². The summed E-state index contributed by atoms with van der Waals surface area (Å²) in [5.74, 6) is -0.473. The monoisotopic (exact) mass is 501 g/mol. The van der Waals surface area contributed by atoms with Crippen LogP contribution in [0.5, 0.6) is 0 Å². The number of H-pyrrole nitrogens is 1. The number of nitrogens with one attached hydrogen (secondary N) is 3. The second-order valence-electron chi connectivity index (χ2n) is 8.15. The number of carbonyl (C=O) groups excluding carboxylic acids is 2. The number of hydroxylamine groups is 1. The van der Waals surface area contributed by atoms with Crippen LogP contribution in [0.25, 0.3) is 23.1 Å². The normalized spacial score (nSPS) is 11.1. The van der Waals surface area contributed by atoms with Crippen LogP contribution in [0.2, 0.25) is 0 Å². The Morgan fingerprint density at radius 3 is 2.56 bits per heavy atom. The van der Waals surface area contributed by atoms with Gasteiger partial charge in [0, 0.05) is 34.2 Å². The van der Waals surface area contributed by atoms with Gasteiger partial charge < -0.3 is 5.32 Å². The van der Waals surface area contributed by atoms with E-state index in [2.05, 4.69) is 20.5 Å². The fourth-order valence-electron chi connectivity index (χ4n) is 3.65. The fraction of sp³-hybridized carbons (Fsp3) is 0.185. The first-order valence-corrected chi connectivity index (χ1v) is 12.5. The number of pyridine rings is 1. The quantitative estimate of drug-likeness (QED) is 0.119. The maximum atomic E-state index is 12.4. The highest BCUT2D eigenvalue weighted by Crippen LogP contribution is 2.35. The summed E-state index contributed by atoms with van der Waals surface area (Å²) in [5.41, 5.74) is 5.02. The van der Waals surface area contributed by atoms with Gasteiger partial charge in [-0.2, -0.15) is 5.10 Å². The van der Waals surface area contributed by atoms with Gasteiger partial charge in [-0.25, -0.2) is 5.48 Å². The van der Waals surface area contributed by atoms with Gasteiger partial charge in [-0.1, -0.05) is 36.4 Å². The summed E-state index contributed by atoms with van der Waals surface area (Å²) in [5, 5.41) is 20.1. The minimum absolute atomic E-state index is 0.0667. The zero-order chi connectivity index (χ0) is 25.2. The molecule has 0 saturated heterocycles. The Bertz CT molecular complexity index is 1350. The number of fused-ring (bicyclic) bond motifs is 1. The molecule has 0 aliphatic carbocycles. The number of carbonyl (C=O) groups is 2. The number of aromatic amines is 1. The fourth-order valence-corrected chi connectivity index (χ4v) is 4.59. The minimum Gasteiger partial charge on any atom is -0.325 e. The van der Waals surface area contributed by atoms with E-state index in [4.69, 9.17) is 5.21 Å². The van der Waals surface area contributed by atoms with Gasteiger partial charge in [0.1, 0.15) is 0 Å². The van der Waals surface area contributed by atoms with E-state index in [9.17, 15) is 9.59 Å². The zero-order valence-corrected chi connectivity index (χ0v) is 20.4. The predicted octanol–water partition coefficient (Wildman–Crippen LogP) is 5.67. The number of nitrogens with zero attached hydrogens (tertiary/aromatic N) is 2. The van der Waals surface area contributed by atoms with Crippen LogP contribution in [0.3, 0.4) is 0 Å². The molecule has 2 aromatic heterocycles. The largest absolute Gasteiger partial charge is 0.325 e. The van der Waals surface area contributed by atoms with Crippen LogP contribution in [-0.2, 0) is 9.59 Å². The molecule has 0 aliphatic heterocycles. The van der Waals surface area contributed by atoms with Gasteiger partial charge in [0.15, 0.2) is 0 Å². The third-order valence-corrected chi connectivity index (χ3v) is 6.55. The number of hydrogen-bond donors (Lipinski definition) is 4. The number of hydrogen-bond acceptors (Lipinski definition) is 6. The molecule has 0 radical (unpaired) electrons. The van der Waals surface area contributed by atoms with E-state index >= 15 is 0 Å². The van der Waals surface area contributed by atoms with Crippen molar-refractivity contribution in [1.29, 1.82) is 0 Å². The van der Waals surface area contributed by atoms with Gasteiger partial charge in [-0.05, 0) is 67.5 Å². The maximum absolute atomic E-state index is 12.4. The van der Waals surface area contributed by atoms with Gasteiger partial charge in [-0.3, -0.25) is 24.9 Å². The van der Waals surface area contributed by atoms with Gasteiger partial charge in [0.25, 0.3) is 0 Å². The molecule has 0 atom stereocenters. The lowest BCUT2D eigenvalue weighted by atomic mass is 10.1. The second kappa shape index (κ2) is 12.7. The first-order chi connectivity index (χ1) is 17.6. The lowest BCUT2D eigenvalue weighted by Gasteiger charge is -2.11. The van der Waals surface area contributed by atoms with Crippen LogP contribution in [0.1, 0.15) is 43.5 Å². The van der Waals surface area contributed by atoms with Crippen LogP contribution in [0.4, 0.5) is 5.69 Å². The molecule has 9 heteroatoms. The van der Waals surface area contributed by atoms with E-state index in [0.717, 1.165) is 44.2 Å². The Labute approximate surface area is 213 Å². The molecular formula is C27H27N5O3S. The number of para-hydroxylation sites is 1. The molecule has 184 valence electrons. The number of unbranched alkanes of at least 4 members (excludes halogenated alkanes) is 2. The third kappa shape index (κ3) is 7.03. The molecule has 0 saturated carbocycles. The minimum atomic E-state index is -0.407. The highest BCUT2D eigenvalue weighted by atomic mass is 32.2. The lowest BCUT2D eigenvalue weighted by Crippen LogP contribution is -2.17. The smallest absolute Gasteiger partial charge is 0.243 e. The van der Waals surface area contributed by atoms with Crippen LogP contribution in [-0.4, -0.2) is 32.2 Å². The molecule has 4 N–H and O–H groups in total. The summed E-state index contributed by atoms with van der Waals surface area (Å²) in [6.45, 7) is 0. The summed E-state index contributed by atoms with van der Waals surface area (Å²) in [6.07, 6.45) is 8.29. The molecule has 0 spiro atoms. The second-order valence-corrected chi connectivity index (χ2v) is 9.26. The zero-order valence-electron chi connectivity index (χ0n) is 19.6. The van der Waals surface area contributed by atoms with Crippen molar-refractivity contribution in [2.24, 2.45) is 0 Å². The summed E-state index contributed by atoms with van der Waals surface area (Å²) in [7, 11) is 0. The lowest BCUT2D eigenvalue weighted by molar-refractivity contribution is -0.129. The third-order valence-electron chi connectivity index (χ3n) is 5.48. The van der Waals surface area contributed by atoms with Gasteiger partial charge >= 0.3 is 0 Å². The summed E-state index contributed by atoms with van der Waals surface area (Å²) in [6, 6.07) is 19.6. The van der Waals surface area contributed by atoms with E-state index in [1.165, 1.54) is 0 Å². The van der Waals surface area contributed by atoms with E-state index in [1.54, 1.807) is 23.4 Å². The molecule has 4 aromatic rings. The number of aromatic nitrogens is 3. The SMILES string of the molecule is O=C(CCCCCC(=O)Nc1ccccc1Sc1ccc2c(/C=C/c3ccccn3)n[nH]c2c1)NO. The Balaban J connectivity index is 1.37. The average Bonchev–Trinajstić information content (AvgIpc) is 3.31. The van der Waals surface area contributed by atoms with E-state index in [-0.39, 0.29) is 12.3 Å². The molecule has 2 heterocycles. The highest BCUT2D eigenvalue weighted by molar-refractivity contribution is 7.99. The molecule has 8 nitrogen and oxygen atoms in total. The highest BCUT2D eigenvalue weighted by Gasteiger charge is 2.10. The Hall–Kier alpha value is -3.95. The molecule has 0 bridgehead atoms. The molecular weight excluding hydrogens is 474 g/mol. The first-order valence-electron chi connectivity index (χ1n) is 11.7. The summed E-state index contributed by atoms with van der Waals surface area (Å²) >= 11 is 1.57. The van der Waals surface area contributed by atoms with Crippen molar-refractivity contribution in [2.75, 3.05) is 5.32 Å². The van der Waals surface area contributed by atoms with Crippen LogP contribution in [0, 0.1) is 0 Å². The molecule has 36 heavy (non-hydrogen) atoms. The van der Waals surface area contributed by atoms with Crippen molar-refractivity contribution in [3.63, 3.8) is 0 Å². The summed E-state index contributed by atoms with van der Waals surface area (Å²) in [4.78, 5) is 29.8. The molecule has 4 rings (SSSR count). The van der Waals surface area contributed by atoms with Crippen LogP contribution >= 0.6 is 11.8 Å². The molecule has 2 aromatic carbocycles. The maximum Gasteiger partial charge on any atom is 0.243 e. The van der Waals surface area contributed by atoms with Crippen molar-refractivity contribution < 1.29 is 14.8 Å². The Morgan fingerprint density at radius 2 is 1.75 bits per heavy atom. The van der Waals surface area contributed by atoms with Gasteiger partial charge in [-0.15, -0.1) is 0 Å². The number of anilines is 1. The standard InChI is InChI=1S/C27H27N5O3S/c33-26(11-2-1-3-12-27(34)32-35)29-23-9-4-5-10-25(23)36-20-14-15-21-22(30-31-24(21)18-20)16-13-19-8-6-7-17-28-19/h4-10,13-18,35H,1-3,11-12H2,(H,29,33)(H,30,31)(H,32,34)/b16-13+. The molecule has 0 unspecified atom stereocenters. The topological polar surface area (TPSA) is 120 Å².